The van der Waals surface area contributed by atoms with Crippen molar-refractivity contribution >= 4 is 16.6 Å². The minimum absolute atomic E-state index is 0.545. The largest absolute Gasteiger partial charge is 0.379 e. The molecular weight excluding hydrogens is 308 g/mol. The van der Waals surface area contributed by atoms with Crippen LogP contribution in [-0.4, -0.2) is 40.0 Å². The van der Waals surface area contributed by atoms with E-state index in [0.717, 1.165) is 28.5 Å². The third kappa shape index (κ3) is 2.61. The number of aromatic amines is 1. The van der Waals surface area contributed by atoms with Crippen molar-refractivity contribution in [1.29, 1.82) is 0 Å². The van der Waals surface area contributed by atoms with Crippen LogP contribution in [0.5, 0.6) is 0 Å². The summed E-state index contributed by atoms with van der Waals surface area (Å²) in [5.74, 6) is 0.799. The van der Waals surface area contributed by atoms with E-state index in [1.54, 1.807) is 0 Å². The Labute approximate surface area is 148 Å². The van der Waals surface area contributed by atoms with Crippen molar-refractivity contribution in [2.45, 2.75) is 31.8 Å². The average Bonchev–Trinajstić information content (AvgIpc) is 3.10. The Balaban J connectivity index is 1.36. The molecule has 3 aromatic rings. The van der Waals surface area contributed by atoms with Crippen molar-refractivity contribution in [3.8, 4) is 11.4 Å². The molecule has 0 spiro atoms. The lowest BCUT2D eigenvalue weighted by atomic mass is 9.79. The minimum Gasteiger partial charge on any atom is -0.379 e. The lowest BCUT2D eigenvalue weighted by Crippen LogP contribution is -2.59. The number of hydrogen-bond acceptors (Lipinski definition) is 3. The Hall–Kier alpha value is -2.33. The van der Waals surface area contributed by atoms with Crippen molar-refractivity contribution in [2.24, 2.45) is 5.92 Å². The second kappa shape index (κ2) is 5.88. The molecule has 2 N–H and O–H groups in total. The van der Waals surface area contributed by atoms with E-state index in [0.29, 0.717) is 12.1 Å². The van der Waals surface area contributed by atoms with Gasteiger partial charge in [0.15, 0.2) is 0 Å². The van der Waals surface area contributed by atoms with E-state index in [2.05, 4.69) is 69.6 Å². The van der Waals surface area contributed by atoms with Crippen LogP contribution >= 0.6 is 0 Å². The van der Waals surface area contributed by atoms with Crippen molar-refractivity contribution < 1.29 is 0 Å². The fraction of sp³-hybridized carbons (Fsp3) is 0.381. The molecule has 2 aromatic heterocycles. The topological polar surface area (TPSA) is 44.0 Å². The number of nitrogens with one attached hydrogen (secondary N) is 2. The molecule has 1 aromatic carbocycles. The number of pyridine rings is 1. The minimum atomic E-state index is 0.545. The van der Waals surface area contributed by atoms with Crippen LogP contribution in [0, 0.1) is 5.92 Å². The number of H-pyrrole nitrogens is 1. The SMILES string of the molecule is C[C@@H]1[C@@H](Nc2ccc(-c3cc4ccccc4[nH]3)nc2)C2CCN1CC2. The van der Waals surface area contributed by atoms with Gasteiger partial charge >= 0.3 is 0 Å². The first-order valence-electron chi connectivity index (χ1n) is 9.33. The molecule has 0 amide bonds. The van der Waals surface area contributed by atoms with Crippen LogP contribution in [0.1, 0.15) is 19.8 Å². The lowest BCUT2D eigenvalue weighted by Gasteiger charge is -2.50. The monoisotopic (exact) mass is 332 g/mol. The molecule has 0 aliphatic carbocycles. The smallest absolute Gasteiger partial charge is 0.0866 e. The zero-order chi connectivity index (χ0) is 16.8. The molecule has 128 valence electrons. The van der Waals surface area contributed by atoms with Crippen LogP contribution < -0.4 is 5.32 Å². The van der Waals surface area contributed by atoms with Crippen LogP contribution in [0.2, 0.25) is 0 Å². The highest BCUT2D eigenvalue weighted by molar-refractivity contribution is 5.85. The molecular formula is C21H24N4. The van der Waals surface area contributed by atoms with Crippen LogP contribution in [0.4, 0.5) is 5.69 Å². The fourth-order valence-electron chi connectivity index (χ4n) is 4.59. The van der Waals surface area contributed by atoms with Gasteiger partial charge in [-0.2, -0.15) is 0 Å². The first-order chi connectivity index (χ1) is 12.3. The maximum Gasteiger partial charge on any atom is 0.0866 e. The van der Waals surface area contributed by atoms with Gasteiger partial charge in [0, 0.05) is 23.0 Å². The lowest BCUT2D eigenvalue weighted by molar-refractivity contribution is 0.0458. The number of fused-ring (bicyclic) bond motifs is 4. The Morgan fingerprint density at radius 1 is 1.12 bits per heavy atom. The van der Waals surface area contributed by atoms with E-state index in [4.69, 9.17) is 0 Å². The molecule has 3 aliphatic rings. The maximum absolute atomic E-state index is 4.69. The summed E-state index contributed by atoms with van der Waals surface area (Å²) in [7, 11) is 0. The van der Waals surface area contributed by atoms with Gasteiger partial charge in [0.25, 0.3) is 0 Å². The van der Waals surface area contributed by atoms with Crippen molar-refractivity contribution in [1.82, 2.24) is 14.9 Å². The Morgan fingerprint density at radius 2 is 1.96 bits per heavy atom. The first-order valence-corrected chi connectivity index (χ1v) is 9.33. The molecule has 0 unspecified atom stereocenters. The second-order valence-electron chi connectivity index (χ2n) is 7.49. The van der Waals surface area contributed by atoms with Crippen molar-refractivity contribution in [3.63, 3.8) is 0 Å². The quantitative estimate of drug-likeness (QED) is 0.758. The number of nitrogens with zero attached hydrogens (tertiary/aromatic N) is 2. The van der Waals surface area contributed by atoms with Gasteiger partial charge in [-0.25, -0.2) is 0 Å². The number of piperidine rings is 3. The molecule has 2 bridgehead atoms. The van der Waals surface area contributed by atoms with Crippen LogP contribution in [0.3, 0.4) is 0 Å². The predicted octanol–water partition coefficient (Wildman–Crippen LogP) is 4.12. The zero-order valence-corrected chi connectivity index (χ0v) is 14.6. The van der Waals surface area contributed by atoms with E-state index >= 15 is 0 Å². The summed E-state index contributed by atoms with van der Waals surface area (Å²) in [6, 6.07) is 15.9. The van der Waals surface area contributed by atoms with Gasteiger partial charge in [0.05, 0.1) is 23.3 Å². The number of hydrogen-bond donors (Lipinski definition) is 2. The highest BCUT2D eigenvalue weighted by Crippen LogP contribution is 2.34. The highest BCUT2D eigenvalue weighted by Gasteiger charge is 2.39. The zero-order valence-electron chi connectivity index (χ0n) is 14.6. The number of anilines is 1. The van der Waals surface area contributed by atoms with Gasteiger partial charge in [-0.1, -0.05) is 18.2 Å². The standard InChI is InChI=1S/C21H24N4/c1-14-21(15-8-10-25(14)11-9-15)23-17-6-7-19(22-13-17)20-12-16-4-2-3-5-18(16)24-20/h2-7,12-15,21,23-24H,8-11H2,1H3/t14-,21-/m1/s1. The van der Waals surface area contributed by atoms with Gasteiger partial charge < -0.3 is 10.3 Å². The molecule has 5 heterocycles. The average molecular weight is 332 g/mol. The molecule has 3 fully saturated rings. The van der Waals surface area contributed by atoms with Crippen LogP contribution in [-0.2, 0) is 0 Å². The Morgan fingerprint density at radius 3 is 2.68 bits per heavy atom. The van der Waals surface area contributed by atoms with E-state index in [-0.39, 0.29) is 0 Å². The number of benzene rings is 1. The Kier molecular flexibility index (Phi) is 3.52. The summed E-state index contributed by atoms with van der Waals surface area (Å²) >= 11 is 0. The predicted molar refractivity (Wildman–Crippen MR) is 103 cm³/mol. The molecule has 3 aliphatic heterocycles. The van der Waals surface area contributed by atoms with Gasteiger partial charge in [-0.3, -0.25) is 9.88 Å². The molecule has 6 rings (SSSR count). The van der Waals surface area contributed by atoms with E-state index in [9.17, 15) is 0 Å². The van der Waals surface area contributed by atoms with E-state index in [1.165, 1.54) is 31.3 Å². The number of aromatic nitrogens is 2. The third-order valence-electron chi connectivity index (χ3n) is 6.08. The number of para-hydroxylation sites is 1. The van der Waals surface area contributed by atoms with Crippen LogP contribution in [0.15, 0.2) is 48.7 Å². The van der Waals surface area contributed by atoms with E-state index < -0.39 is 0 Å². The summed E-state index contributed by atoms with van der Waals surface area (Å²) < 4.78 is 0. The fourth-order valence-corrected chi connectivity index (χ4v) is 4.59. The molecule has 0 radical (unpaired) electrons. The molecule has 3 saturated heterocycles. The highest BCUT2D eigenvalue weighted by atomic mass is 15.2. The summed E-state index contributed by atoms with van der Waals surface area (Å²) in [5.41, 5.74) is 4.35. The molecule has 4 heteroatoms. The number of rotatable bonds is 3. The van der Waals surface area contributed by atoms with E-state index in [1.807, 2.05) is 6.20 Å². The maximum atomic E-state index is 4.69. The van der Waals surface area contributed by atoms with Gasteiger partial charge in [-0.15, -0.1) is 0 Å². The normalized spacial score (nSPS) is 28.4. The molecule has 2 atom stereocenters. The van der Waals surface area contributed by atoms with Crippen molar-refractivity contribution in [3.05, 3.63) is 48.7 Å². The summed E-state index contributed by atoms with van der Waals surface area (Å²) in [6.07, 6.45) is 4.62. The summed E-state index contributed by atoms with van der Waals surface area (Å²) in [6.45, 7) is 4.89. The summed E-state index contributed by atoms with van der Waals surface area (Å²) in [5, 5.41) is 4.98. The van der Waals surface area contributed by atoms with Crippen molar-refractivity contribution in [2.75, 3.05) is 18.4 Å². The van der Waals surface area contributed by atoms with Gasteiger partial charge in [0.2, 0.25) is 0 Å². The molecule has 4 nitrogen and oxygen atoms in total. The molecule has 25 heavy (non-hydrogen) atoms. The van der Waals surface area contributed by atoms with Gasteiger partial charge in [0.1, 0.15) is 0 Å². The molecule has 0 saturated carbocycles. The van der Waals surface area contributed by atoms with Crippen LogP contribution in [0.25, 0.3) is 22.3 Å². The second-order valence-corrected chi connectivity index (χ2v) is 7.49. The van der Waals surface area contributed by atoms with Gasteiger partial charge in [-0.05, 0) is 63.0 Å². The third-order valence-corrected chi connectivity index (χ3v) is 6.08. The first kappa shape index (κ1) is 15.0. The Bertz CT molecular complexity index is 839. The summed E-state index contributed by atoms with van der Waals surface area (Å²) in [4.78, 5) is 10.8.